The average molecular weight is 205 g/mol. The molecule has 1 rings (SSSR count). The molecular weight excluding hydrogens is 195 g/mol. The Morgan fingerprint density at radius 3 is 2.43 bits per heavy atom. The molecule has 5 heteroatoms. The number of halogens is 3. The Morgan fingerprint density at radius 2 is 1.93 bits per heavy atom. The highest BCUT2D eigenvalue weighted by atomic mass is 19.4. The quantitative estimate of drug-likeness (QED) is 0.801. The van der Waals surface area contributed by atoms with Gasteiger partial charge in [-0.3, -0.25) is 0 Å². The van der Waals surface area contributed by atoms with E-state index in [-0.39, 0.29) is 5.75 Å². The topological polar surface area (TPSA) is 21.3 Å². The van der Waals surface area contributed by atoms with E-state index >= 15 is 0 Å². The van der Waals surface area contributed by atoms with Crippen LogP contribution in [0.25, 0.3) is 0 Å². The molecule has 0 aromatic heterocycles. The maximum absolute atomic E-state index is 11.9. The Morgan fingerprint density at radius 1 is 1.29 bits per heavy atom. The van der Waals surface area contributed by atoms with E-state index in [2.05, 4.69) is 10.1 Å². The van der Waals surface area contributed by atoms with Crippen LogP contribution in [0.4, 0.5) is 18.9 Å². The smallest absolute Gasteiger partial charge is 0.405 e. The van der Waals surface area contributed by atoms with Crippen molar-refractivity contribution in [2.75, 3.05) is 12.4 Å². The SMILES string of the molecule is CNc1ccc(C)c(OC(F)(F)F)c1. The maximum atomic E-state index is 11.9. The molecule has 1 aromatic rings. The third kappa shape index (κ3) is 2.83. The highest BCUT2D eigenvalue weighted by molar-refractivity contribution is 5.51. The summed E-state index contributed by atoms with van der Waals surface area (Å²) in [5.41, 5.74) is 1.02. The second-order valence-corrected chi connectivity index (χ2v) is 2.78. The zero-order valence-corrected chi connectivity index (χ0v) is 7.77. The van der Waals surface area contributed by atoms with Crippen LogP contribution in [0.15, 0.2) is 18.2 Å². The number of ether oxygens (including phenoxy) is 1. The first kappa shape index (κ1) is 10.7. The van der Waals surface area contributed by atoms with E-state index in [1.807, 2.05) is 0 Å². The van der Waals surface area contributed by atoms with E-state index in [4.69, 9.17) is 0 Å². The molecule has 0 unspecified atom stereocenters. The Kier molecular flexibility index (Phi) is 2.88. The van der Waals surface area contributed by atoms with Gasteiger partial charge in [0.2, 0.25) is 0 Å². The number of aryl methyl sites for hydroxylation is 1. The van der Waals surface area contributed by atoms with Crippen LogP contribution in [0, 0.1) is 6.92 Å². The van der Waals surface area contributed by atoms with Crippen molar-refractivity contribution in [1.29, 1.82) is 0 Å². The van der Waals surface area contributed by atoms with Crippen molar-refractivity contribution in [2.45, 2.75) is 13.3 Å². The van der Waals surface area contributed by atoms with Gasteiger partial charge in [-0.1, -0.05) is 6.07 Å². The molecule has 0 bridgehead atoms. The predicted octanol–water partition coefficient (Wildman–Crippen LogP) is 2.94. The fraction of sp³-hybridized carbons (Fsp3) is 0.333. The number of benzene rings is 1. The number of hydrogen-bond acceptors (Lipinski definition) is 2. The molecule has 0 spiro atoms. The summed E-state index contributed by atoms with van der Waals surface area (Å²) in [5, 5.41) is 2.73. The van der Waals surface area contributed by atoms with Gasteiger partial charge in [-0.15, -0.1) is 13.2 Å². The van der Waals surface area contributed by atoms with Crippen molar-refractivity contribution in [2.24, 2.45) is 0 Å². The minimum absolute atomic E-state index is 0.177. The van der Waals surface area contributed by atoms with E-state index in [0.717, 1.165) is 0 Å². The zero-order valence-electron chi connectivity index (χ0n) is 7.77. The summed E-state index contributed by atoms with van der Waals surface area (Å²) in [6, 6.07) is 4.55. The first-order valence-electron chi connectivity index (χ1n) is 3.96. The molecule has 0 heterocycles. The Labute approximate surface area is 79.7 Å². The first-order chi connectivity index (χ1) is 6.42. The molecule has 0 saturated carbocycles. The van der Waals surface area contributed by atoms with Crippen molar-refractivity contribution in [1.82, 2.24) is 0 Å². The minimum Gasteiger partial charge on any atom is -0.405 e. The normalized spacial score (nSPS) is 11.2. The number of nitrogens with one attached hydrogen (secondary N) is 1. The van der Waals surface area contributed by atoms with E-state index in [0.29, 0.717) is 11.3 Å². The highest BCUT2D eigenvalue weighted by Crippen LogP contribution is 2.28. The molecule has 0 amide bonds. The number of rotatable bonds is 2. The van der Waals surface area contributed by atoms with Crippen LogP contribution in [0.2, 0.25) is 0 Å². The average Bonchev–Trinajstić information content (AvgIpc) is 2.06. The van der Waals surface area contributed by atoms with Crippen LogP contribution >= 0.6 is 0 Å². The molecule has 14 heavy (non-hydrogen) atoms. The van der Waals surface area contributed by atoms with Crippen molar-refractivity contribution in [3.8, 4) is 5.75 Å². The lowest BCUT2D eigenvalue weighted by Crippen LogP contribution is -2.17. The molecule has 0 aliphatic carbocycles. The Bertz CT molecular complexity index is 322. The largest absolute Gasteiger partial charge is 0.573 e. The van der Waals surface area contributed by atoms with Gasteiger partial charge >= 0.3 is 6.36 Å². The fourth-order valence-electron chi connectivity index (χ4n) is 0.990. The van der Waals surface area contributed by atoms with Gasteiger partial charge in [-0.05, 0) is 18.6 Å². The van der Waals surface area contributed by atoms with Crippen LogP contribution in [-0.4, -0.2) is 13.4 Å². The van der Waals surface area contributed by atoms with Crippen molar-refractivity contribution < 1.29 is 17.9 Å². The molecule has 1 aromatic carbocycles. The van der Waals surface area contributed by atoms with Crippen LogP contribution in [0.3, 0.4) is 0 Å². The van der Waals surface area contributed by atoms with Crippen LogP contribution in [-0.2, 0) is 0 Å². The van der Waals surface area contributed by atoms with Gasteiger partial charge in [0.15, 0.2) is 0 Å². The van der Waals surface area contributed by atoms with Crippen molar-refractivity contribution in [3.63, 3.8) is 0 Å². The standard InChI is InChI=1S/C9H10F3NO/c1-6-3-4-7(13-2)5-8(6)14-9(10,11)12/h3-5,13H,1-2H3. The molecule has 0 aliphatic heterocycles. The van der Waals surface area contributed by atoms with Gasteiger partial charge in [0, 0.05) is 18.8 Å². The third-order valence-electron chi connectivity index (χ3n) is 1.70. The predicted molar refractivity (Wildman–Crippen MR) is 47.4 cm³/mol. The van der Waals surface area contributed by atoms with E-state index in [9.17, 15) is 13.2 Å². The minimum atomic E-state index is -4.64. The zero-order chi connectivity index (χ0) is 10.8. The third-order valence-corrected chi connectivity index (χ3v) is 1.70. The van der Waals surface area contributed by atoms with E-state index in [1.165, 1.54) is 6.07 Å². The molecule has 0 saturated heterocycles. The number of alkyl halides is 3. The van der Waals surface area contributed by atoms with Crippen LogP contribution in [0.1, 0.15) is 5.56 Å². The summed E-state index contributed by atoms with van der Waals surface area (Å²) < 4.78 is 39.6. The lowest BCUT2D eigenvalue weighted by molar-refractivity contribution is -0.274. The van der Waals surface area contributed by atoms with E-state index in [1.54, 1.807) is 26.1 Å². The summed E-state index contributed by atoms with van der Waals surface area (Å²) in [6.45, 7) is 1.56. The summed E-state index contributed by atoms with van der Waals surface area (Å²) in [7, 11) is 1.63. The second kappa shape index (κ2) is 3.77. The second-order valence-electron chi connectivity index (χ2n) is 2.78. The van der Waals surface area contributed by atoms with Gasteiger partial charge in [0.05, 0.1) is 0 Å². The molecule has 0 fully saturated rings. The number of anilines is 1. The van der Waals surface area contributed by atoms with Gasteiger partial charge in [-0.2, -0.15) is 0 Å². The highest BCUT2D eigenvalue weighted by Gasteiger charge is 2.31. The Hall–Kier alpha value is -1.39. The van der Waals surface area contributed by atoms with Crippen molar-refractivity contribution in [3.05, 3.63) is 23.8 Å². The maximum Gasteiger partial charge on any atom is 0.573 e. The molecule has 0 atom stereocenters. The van der Waals surface area contributed by atoms with Gasteiger partial charge in [0.1, 0.15) is 5.75 Å². The van der Waals surface area contributed by atoms with Crippen LogP contribution < -0.4 is 10.1 Å². The van der Waals surface area contributed by atoms with E-state index < -0.39 is 6.36 Å². The summed E-state index contributed by atoms with van der Waals surface area (Å²) in [6.07, 6.45) is -4.64. The van der Waals surface area contributed by atoms with Gasteiger partial charge < -0.3 is 10.1 Å². The monoisotopic (exact) mass is 205 g/mol. The number of hydrogen-bond donors (Lipinski definition) is 1. The summed E-state index contributed by atoms with van der Waals surface area (Å²) in [4.78, 5) is 0. The molecule has 1 N–H and O–H groups in total. The van der Waals surface area contributed by atoms with Crippen molar-refractivity contribution >= 4 is 5.69 Å². The van der Waals surface area contributed by atoms with Crippen LogP contribution in [0.5, 0.6) is 5.75 Å². The van der Waals surface area contributed by atoms with Gasteiger partial charge in [-0.25, -0.2) is 0 Å². The summed E-state index contributed by atoms with van der Waals surface area (Å²) in [5.74, 6) is -0.177. The molecule has 0 aliphatic rings. The first-order valence-corrected chi connectivity index (χ1v) is 3.96. The molecule has 2 nitrogen and oxygen atoms in total. The molecular formula is C9H10F3NO. The fourth-order valence-corrected chi connectivity index (χ4v) is 0.990. The lowest BCUT2D eigenvalue weighted by Gasteiger charge is -2.12. The molecule has 0 radical (unpaired) electrons. The lowest BCUT2D eigenvalue weighted by atomic mass is 10.2. The summed E-state index contributed by atoms with van der Waals surface area (Å²) >= 11 is 0. The Balaban J connectivity index is 2.95. The van der Waals surface area contributed by atoms with Gasteiger partial charge in [0.25, 0.3) is 0 Å². The molecule has 78 valence electrons.